The van der Waals surface area contributed by atoms with E-state index >= 15 is 0 Å². The van der Waals surface area contributed by atoms with Gasteiger partial charge in [-0.2, -0.15) is 0 Å². The van der Waals surface area contributed by atoms with E-state index in [0.29, 0.717) is 25.1 Å². The van der Waals surface area contributed by atoms with Crippen LogP contribution in [-0.4, -0.2) is 53.3 Å². The molecule has 2 aliphatic heterocycles. The van der Waals surface area contributed by atoms with Crippen LogP contribution in [-0.2, 0) is 22.6 Å². The van der Waals surface area contributed by atoms with E-state index in [1.807, 2.05) is 25.7 Å². The van der Waals surface area contributed by atoms with Crippen LogP contribution in [0.2, 0.25) is 0 Å². The van der Waals surface area contributed by atoms with Crippen molar-refractivity contribution in [1.82, 2.24) is 9.80 Å². The topological polar surface area (TPSA) is 42.0 Å². The van der Waals surface area contributed by atoms with Crippen LogP contribution in [0, 0.1) is 18.3 Å². The molecular formula is C29H48N2O3. The van der Waals surface area contributed by atoms with Crippen molar-refractivity contribution in [3.8, 4) is 0 Å². The van der Waals surface area contributed by atoms with Crippen molar-refractivity contribution in [2.75, 3.05) is 26.2 Å². The second kappa shape index (κ2) is 10.6. The van der Waals surface area contributed by atoms with E-state index in [0.717, 1.165) is 25.3 Å². The van der Waals surface area contributed by atoms with Gasteiger partial charge >= 0.3 is 6.09 Å². The molecule has 5 nitrogen and oxygen atoms in total. The highest BCUT2D eigenvalue weighted by Crippen LogP contribution is 2.35. The fourth-order valence-corrected chi connectivity index (χ4v) is 5.23. The molecule has 192 valence electrons. The minimum atomic E-state index is -0.459. The largest absolute Gasteiger partial charge is 0.444 e. The van der Waals surface area contributed by atoms with E-state index in [4.69, 9.17) is 9.47 Å². The van der Waals surface area contributed by atoms with Gasteiger partial charge in [-0.15, -0.1) is 0 Å². The zero-order valence-electron chi connectivity index (χ0n) is 23.0. The second-order valence-corrected chi connectivity index (χ2v) is 12.9. The minimum Gasteiger partial charge on any atom is -0.444 e. The number of aryl methyl sites for hydroxylation is 1. The maximum Gasteiger partial charge on any atom is 0.410 e. The normalized spacial score (nSPS) is 20.4. The summed E-state index contributed by atoms with van der Waals surface area (Å²) in [5.41, 5.74) is 3.68. The molecule has 5 heteroatoms. The number of ether oxygens (including phenoxy) is 2. The van der Waals surface area contributed by atoms with Crippen LogP contribution in [0.1, 0.15) is 90.8 Å². The monoisotopic (exact) mass is 472 g/mol. The third-order valence-electron chi connectivity index (χ3n) is 7.48. The number of amides is 1. The number of hydrogen-bond acceptors (Lipinski definition) is 4. The highest BCUT2D eigenvalue weighted by molar-refractivity contribution is 5.68. The molecular weight excluding hydrogens is 424 g/mol. The first-order chi connectivity index (χ1) is 15.7. The quantitative estimate of drug-likeness (QED) is 0.487. The second-order valence-electron chi connectivity index (χ2n) is 12.9. The lowest BCUT2D eigenvalue weighted by atomic mass is 9.75. The van der Waals surface area contributed by atoms with Gasteiger partial charge in [0.05, 0.1) is 12.2 Å². The molecule has 2 saturated heterocycles. The van der Waals surface area contributed by atoms with Crippen LogP contribution in [0.3, 0.4) is 0 Å². The first-order valence-corrected chi connectivity index (χ1v) is 13.2. The van der Waals surface area contributed by atoms with Crippen LogP contribution in [0.5, 0.6) is 0 Å². The number of benzene rings is 1. The van der Waals surface area contributed by atoms with Gasteiger partial charge in [0.1, 0.15) is 5.60 Å². The van der Waals surface area contributed by atoms with Gasteiger partial charge in [0.25, 0.3) is 0 Å². The van der Waals surface area contributed by atoms with Gasteiger partial charge in [-0.05, 0) is 95.9 Å². The Bertz CT molecular complexity index is 821. The summed E-state index contributed by atoms with van der Waals surface area (Å²) in [5.74, 6) is 0.827. The molecule has 34 heavy (non-hydrogen) atoms. The average molecular weight is 473 g/mol. The van der Waals surface area contributed by atoms with Gasteiger partial charge in [0.2, 0.25) is 0 Å². The zero-order valence-corrected chi connectivity index (χ0v) is 23.0. The summed E-state index contributed by atoms with van der Waals surface area (Å²) in [6.07, 6.45) is 4.03. The third kappa shape index (κ3) is 7.98. The lowest BCUT2D eigenvalue weighted by molar-refractivity contribution is -0.0812. The maximum absolute atomic E-state index is 12.4. The molecule has 0 aromatic heterocycles. The number of hydrogen-bond donors (Lipinski definition) is 0. The Morgan fingerprint density at radius 2 is 1.56 bits per heavy atom. The van der Waals surface area contributed by atoms with Crippen LogP contribution in [0.15, 0.2) is 18.2 Å². The van der Waals surface area contributed by atoms with Gasteiger partial charge in [0, 0.05) is 19.6 Å². The molecule has 2 aliphatic rings. The van der Waals surface area contributed by atoms with Crippen molar-refractivity contribution in [2.24, 2.45) is 11.3 Å². The SMILES string of the molecule is Cc1cc(COC2(C)CCN(C(=O)OC(C)(C)C)CC2)cc(CN2CCC(C(C)(C)C)CC2)c1. The number of rotatable bonds is 5. The number of carbonyl (C=O) groups excluding carboxylic acids is 1. The summed E-state index contributed by atoms with van der Waals surface area (Å²) in [6, 6.07) is 6.89. The minimum absolute atomic E-state index is 0.211. The van der Waals surface area contributed by atoms with E-state index < -0.39 is 5.60 Å². The van der Waals surface area contributed by atoms with Gasteiger partial charge in [-0.3, -0.25) is 4.90 Å². The maximum atomic E-state index is 12.4. The fourth-order valence-electron chi connectivity index (χ4n) is 5.23. The molecule has 0 N–H and O–H groups in total. The summed E-state index contributed by atoms with van der Waals surface area (Å²) in [5, 5.41) is 0. The van der Waals surface area contributed by atoms with E-state index in [-0.39, 0.29) is 11.7 Å². The Balaban J connectivity index is 1.51. The molecule has 2 heterocycles. The van der Waals surface area contributed by atoms with Gasteiger partial charge < -0.3 is 14.4 Å². The molecule has 0 unspecified atom stereocenters. The Kier molecular flexibility index (Phi) is 8.40. The molecule has 1 aromatic carbocycles. The summed E-state index contributed by atoms with van der Waals surface area (Å²) in [6.45, 7) is 22.6. The Morgan fingerprint density at radius 3 is 2.12 bits per heavy atom. The average Bonchev–Trinajstić information content (AvgIpc) is 2.71. The number of likely N-dealkylation sites (tertiary alicyclic amines) is 2. The van der Waals surface area contributed by atoms with Gasteiger partial charge in [0.15, 0.2) is 0 Å². The highest BCUT2D eigenvalue weighted by Gasteiger charge is 2.34. The molecule has 0 atom stereocenters. The Hall–Kier alpha value is -1.59. The summed E-state index contributed by atoms with van der Waals surface area (Å²) >= 11 is 0. The van der Waals surface area contributed by atoms with E-state index in [1.165, 1.54) is 42.6 Å². The van der Waals surface area contributed by atoms with Crippen LogP contribution in [0.25, 0.3) is 0 Å². The standard InChI is InChI=1S/C29H48N2O3/c1-22-17-23(20-30-13-9-25(10-14-30)27(2,3)4)19-24(18-22)21-33-29(8)11-15-31(16-12-29)26(32)34-28(5,6)7/h17-19,25H,9-16,20-21H2,1-8H3. The molecule has 0 spiro atoms. The fraction of sp³-hybridized carbons (Fsp3) is 0.759. The number of nitrogens with zero attached hydrogens (tertiary/aromatic N) is 2. The first-order valence-electron chi connectivity index (χ1n) is 13.2. The molecule has 2 fully saturated rings. The molecule has 3 rings (SSSR count). The van der Waals surface area contributed by atoms with E-state index in [2.05, 4.69) is 57.7 Å². The van der Waals surface area contributed by atoms with Gasteiger partial charge in [-0.1, -0.05) is 44.5 Å². The zero-order chi connectivity index (χ0) is 25.1. The van der Waals surface area contributed by atoms with Crippen molar-refractivity contribution >= 4 is 6.09 Å². The van der Waals surface area contributed by atoms with Crippen molar-refractivity contribution in [3.63, 3.8) is 0 Å². The van der Waals surface area contributed by atoms with E-state index in [1.54, 1.807) is 0 Å². The van der Waals surface area contributed by atoms with Crippen LogP contribution < -0.4 is 0 Å². The molecule has 1 amide bonds. The molecule has 0 bridgehead atoms. The van der Waals surface area contributed by atoms with Crippen LogP contribution >= 0.6 is 0 Å². The number of piperidine rings is 2. The lowest BCUT2D eigenvalue weighted by Crippen LogP contribution is -2.47. The van der Waals surface area contributed by atoms with Crippen molar-refractivity contribution in [3.05, 3.63) is 34.9 Å². The van der Waals surface area contributed by atoms with Crippen molar-refractivity contribution < 1.29 is 14.3 Å². The molecule has 0 radical (unpaired) electrons. The third-order valence-corrected chi connectivity index (χ3v) is 7.48. The van der Waals surface area contributed by atoms with Crippen molar-refractivity contribution in [2.45, 2.75) is 105 Å². The first kappa shape index (κ1) is 27.0. The summed E-state index contributed by atoms with van der Waals surface area (Å²) < 4.78 is 12.0. The smallest absolute Gasteiger partial charge is 0.410 e. The highest BCUT2D eigenvalue weighted by atomic mass is 16.6. The molecule has 0 saturated carbocycles. The summed E-state index contributed by atoms with van der Waals surface area (Å²) in [7, 11) is 0. The predicted molar refractivity (Wildman–Crippen MR) is 139 cm³/mol. The summed E-state index contributed by atoms with van der Waals surface area (Å²) in [4.78, 5) is 16.8. The molecule has 1 aromatic rings. The molecule has 0 aliphatic carbocycles. The Morgan fingerprint density at radius 1 is 0.971 bits per heavy atom. The Labute approximate surface area is 208 Å². The van der Waals surface area contributed by atoms with Crippen LogP contribution in [0.4, 0.5) is 4.79 Å². The van der Waals surface area contributed by atoms with Gasteiger partial charge in [-0.25, -0.2) is 4.79 Å². The number of carbonyl (C=O) groups is 1. The van der Waals surface area contributed by atoms with E-state index in [9.17, 15) is 4.79 Å². The lowest BCUT2D eigenvalue weighted by Gasteiger charge is -2.39. The van der Waals surface area contributed by atoms with Crippen molar-refractivity contribution in [1.29, 1.82) is 0 Å². The predicted octanol–water partition coefficient (Wildman–Crippen LogP) is 6.56.